The van der Waals surface area contributed by atoms with Crippen LogP contribution in [0, 0.1) is 0 Å². The number of aryl methyl sites for hydroxylation is 1. The van der Waals surface area contributed by atoms with Crippen LogP contribution in [0.4, 0.5) is 5.69 Å². The third kappa shape index (κ3) is 3.56. The van der Waals surface area contributed by atoms with E-state index in [9.17, 15) is 13.2 Å². The first-order valence-electron chi connectivity index (χ1n) is 8.05. The predicted molar refractivity (Wildman–Crippen MR) is 99.9 cm³/mol. The summed E-state index contributed by atoms with van der Waals surface area (Å²) in [5.41, 5.74) is 7.18. The molecule has 0 fully saturated rings. The smallest absolute Gasteiger partial charge is 0.238 e. The molecule has 1 unspecified atom stereocenters. The number of nitrogens with two attached hydrogens (primary N) is 2. The van der Waals surface area contributed by atoms with Crippen molar-refractivity contribution in [3.63, 3.8) is 0 Å². The molecule has 0 amide bonds. The Labute approximate surface area is 157 Å². The van der Waals surface area contributed by atoms with Crippen molar-refractivity contribution in [1.82, 2.24) is 0 Å². The van der Waals surface area contributed by atoms with Gasteiger partial charge in [-0.05, 0) is 60.7 Å². The van der Waals surface area contributed by atoms with Crippen LogP contribution in [0.1, 0.15) is 24.0 Å². The largest absolute Gasteiger partial charge is 0.490 e. The predicted octanol–water partition coefficient (Wildman–Crippen LogP) is 2.42. The van der Waals surface area contributed by atoms with Crippen LogP contribution in [0.2, 0.25) is 5.02 Å². The number of sulfonamides is 1. The summed E-state index contributed by atoms with van der Waals surface area (Å²) in [6.45, 7) is 0.101. The van der Waals surface area contributed by atoms with E-state index in [2.05, 4.69) is 0 Å². The number of primary sulfonamides is 1. The van der Waals surface area contributed by atoms with Gasteiger partial charge < -0.3 is 15.3 Å². The van der Waals surface area contributed by atoms with Gasteiger partial charge in [-0.2, -0.15) is 0 Å². The van der Waals surface area contributed by atoms with Crippen molar-refractivity contribution >= 4 is 33.6 Å². The number of fused-ring (bicyclic) bond motifs is 1. The van der Waals surface area contributed by atoms with Crippen molar-refractivity contribution < 1.29 is 17.9 Å². The molecule has 2 aromatic carbocycles. The molecule has 0 bridgehead atoms. The number of ether oxygens (including phenoxy) is 1. The lowest BCUT2D eigenvalue weighted by Gasteiger charge is -2.34. The normalized spacial score (nSPS) is 19.6. The van der Waals surface area contributed by atoms with Crippen LogP contribution in [-0.4, -0.2) is 21.3 Å². The molecule has 0 spiro atoms. The Kier molecular flexibility index (Phi) is 4.96. The zero-order chi connectivity index (χ0) is 18.9. The second-order valence-corrected chi connectivity index (χ2v) is 8.46. The van der Waals surface area contributed by atoms with Crippen LogP contribution < -0.4 is 15.6 Å². The van der Waals surface area contributed by atoms with Crippen LogP contribution >= 0.6 is 11.6 Å². The van der Waals surface area contributed by atoms with E-state index in [1.165, 1.54) is 18.2 Å². The van der Waals surface area contributed by atoms with Gasteiger partial charge in [-0.3, -0.25) is 0 Å². The summed E-state index contributed by atoms with van der Waals surface area (Å²) in [5, 5.41) is 5.73. The highest BCUT2D eigenvalue weighted by Gasteiger charge is 2.37. The number of benzene rings is 2. The molecule has 0 saturated carbocycles. The third-order valence-electron chi connectivity index (χ3n) is 4.69. The maximum absolute atomic E-state index is 12.0. The van der Waals surface area contributed by atoms with E-state index >= 15 is 0 Å². The lowest BCUT2D eigenvalue weighted by atomic mass is 9.71. The summed E-state index contributed by atoms with van der Waals surface area (Å²) in [5.74, 6) is 0.305. The number of hydrogen-bond donors (Lipinski definition) is 2. The fourth-order valence-corrected chi connectivity index (χ4v) is 4.08. The minimum atomic E-state index is -3.84. The molecule has 0 aliphatic heterocycles. The molecule has 0 saturated heterocycles. The number of halogens is 1. The van der Waals surface area contributed by atoms with E-state index in [0.717, 1.165) is 30.3 Å². The molecule has 0 aromatic heterocycles. The van der Waals surface area contributed by atoms with Gasteiger partial charge in [0.1, 0.15) is 18.6 Å². The third-order valence-corrected chi connectivity index (χ3v) is 5.84. The number of anilines is 1. The zero-order valence-electron chi connectivity index (χ0n) is 13.9. The van der Waals surface area contributed by atoms with Crippen molar-refractivity contribution in [3.8, 4) is 5.75 Å². The quantitative estimate of drug-likeness (QED) is 0.597. The highest BCUT2D eigenvalue weighted by Crippen LogP contribution is 2.38. The maximum Gasteiger partial charge on any atom is 0.238 e. The molecule has 6 nitrogen and oxygen atoms in total. The average Bonchev–Trinajstić information content (AvgIpc) is 2.59. The Morgan fingerprint density at radius 2 is 2.00 bits per heavy atom. The average molecular weight is 395 g/mol. The van der Waals surface area contributed by atoms with Crippen LogP contribution in [0.3, 0.4) is 0 Å². The van der Waals surface area contributed by atoms with Gasteiger partial charge in [-0.25, -0.2) is 13.6 Å². The van der Waals surface area contributed by atoms with Crippen molar-refractivity contribution in [1.29, 1.82) is 0 Å². The Bertz CT molecular complexity index is 962. The van der Waals surface area contributed by atoms with E-state index in [4.69, 9.17) is 27.2 Å². The molecule has 8 heteroatoms. The molecular weight excluding hydrogens is 376 g/mol. The summed E-state index contributed by atoms with van der Waals surface area (Å²) >= 11 is 6.06. The summed E-state index contributed by atoms with van der Waals surface area (Å²) < 4.78 is 28.6. The summed E-state index contributed by atoms with van der Waals surface area (Å²) in [4.78, 5) is 11.9. The van der Waals surface area contributed by atoms with Gasteiger partial charge in [-0.15, -0.1) is 0 Å². The Balaban J connectivity index is 1.88. The van der Waals surface area contributed by atoms with Crippen molar-refractivity contribution in [2.45, 2.75) is 29.6 Å². The molecule has 2 aromatic rings. The lowest BCUT2D eigenvalue weighted by molar-refractivity contribution is -0.114. The van der Waals surface area contributed by atoms with Crippen molar-refractivity contribution in [3.05, 3.63) is 52.5 Å². The van der Waals surface area contributed by atoms with Crippen molar-refractivity contribution in [2.24, 2.45) is 5.14 Å². The number of carbonyl (C=O) groups is 1. The first kappa shape index (κ1) is 18.7. The van der Waals surface area contributed by atoms with Gasteiger partial charge in [0, 0.05) is 5.02 Å². The van der Waals surface area contributed by atoms with E-state index in [1.807, 2.05) is 12.1 Å². The van der Waals surface area contributed by atoms with Gasteiger partial charge in [0.2, 0.25) is 10.0 Å². The monoisotopic (exact) mass is 394 g/mol. The van der Waals surface area contributed by atoms with E-state index < -0.39 is 15.4 Å². The number of nitrogen functional groups attached to an aromatic ring is 1. The van der Waals surface area contributed by atoms with Crippen molar-refractivity contribution in [2.75, 3.05) is 12.3 Å². The minimum Gasteiger partial charge on any atom is -0.490 e. The first-order chi connectivity index (χ1) is 12.2. The minimum absolute atomic E-state index is 0.0925. The molecule has 138 valence electrons. The van der Waals surface area contributed by atoms with Crippen LogP contribution in [0.25, 0.3) is 0 Å². The molecule has 1 aliphatic carbocycles. The van der Waals surface area contributed by atoms with Gasteiger partial charge in [0.15, 0.2) is 0 Å². The standard InChI is InChI=1S/C18H19ClN2O4S/c19-13-3-5-15-12(8-13)2-1-7-18(15,10-22)11-25-17-6-4-14(9-16(17)20)26(21,23)24/h3-6,8-10H,1-2,7,11,20H2,(H2,21,23,24). The van der Waals surface area contributed by atoms with E-state index in [-0.39, 0.29) is 17.2 Å². The summed E-state index contributed by atoms with van der Waals surface area (Å²) in [6.07, 6.45) is 3.26. The van der Waals surface area contributed by atoms with Gasteiger partial charge in [0.05, 0.1) is 16.0 Å². The van der Waals surface area contributed by atoms with Crippen LogP contribution in [0.15, 0.2) is 41.3 Å². The number of hydrogen-bond acceptors (Lipinski definition) is 5. The van der Waals surface area contributed by atoms with E-state index in [1.54, 1.807) is 6.07 Å². The molecule has 0 heterocycles. The molecular formula is C18H19ClN2O4S. The van der Waals surface area contributed by atoms with Gasteiger partial charge in [0.25, 0.3) is 0 Å². The molecule has 1 aliphatic rings. The second kappa shape index (κ2) is 6.90. The SMILES string of the molecule is Nc1cc(S(N)(=O)=O)ccc1OCC1(C=O)CCCc2cc(Cl)ccc21. The highest BCUT2D eigenvalue weighted by atomic mass is 35.5. The molecule has 4 N–H and O–H groups in total. The number of rotatable bonds is 5. The van der Waals surface area contributed by atoms with Gasteiger partial charge in [-0.1, -0.05) is 17.7 Å². The summed E-state index contributed by atoms with van der Waals surface area (Å²) in [6, 6.07) is 9.51. The maximum atomic E-state index is 12.0. The fourth-order valence-electron chi connectivity index (χ4n) is 3.33. The van der Waals surface area contributed by atoms with E-state index in [0.29, 0.717) is 17.2 Å². The first-order valence-corrected chi connectivity index (χ1v) is 9.98. The molecule has 1 atom stereocenters. The Morgan fingerprint density at radius 3 is 2.65 bits per heavy atom. The number of carbonyl (C=O) groups excluding carboxylic acids is 1. The Hall–Kier alpha value is -2.09. The molecule has 26 heavy (non-hydrogen) atoms. The summed E-state index contributed by atoms with van der Waals surface area (Å²) in [7, 11) is -3.84. The Morgan fingerprint density at radius 1 is 1.23 bits per heavy atom. The fraction of sp³-hybridized carbons (Fsp3) is 0.278. The van der Waals surface area contributed by atoms with Crippen LogP contribution in [-0.2, 0) is 26.7 Å². The lowest BCUT2D eigenvalue weighted by Crippen LogP contribution is -2.38. The topological polar surface area (TPSA) is 112 Å². The van der Waals surface area contributed by atoms with Crippen LogP contribution in [0.5, 0.6) is 5.75 Å². The second-order valence-electron chi connectivity index (χ2n) is 6.46. The van der Waals surface area contributed by atoms with Gasteiger partial charge >= 0.3 is 0 Å². The molecule has 0 radical (unpaired) electrons. The zero-order valence-corrected chi connectivity index (χ0v) is 15.5. The molecule has 3 rings (SSSR count). The highest BCUT2D eigenvalue weighted by molar-refractivity contribution is 7.89. The number of aldehydes is 1.